The second kappa shape index (κ2) is 13.8. The lowest BCUT2D eigenvalue weighted by molar-refractivity contribution is -0.192. The Hall–Kier alpha value is -3.40. The molecule has 0 aliphatic heterocycles. The summed E-state index contributed by atoms with van der Waals surface area (Å²) >= 11 is 5.96. The number of carbonyl (C=O) groups is 2. The van der Waals surface area contributed by atoms with Gasteiger partial charge in [0, 0.05) is 35.9 Å². The molecule has 0 atom stereocenters. The Bertz CT molecular complexity index is 1170. The largest absolute Gasteiger partial charge is 0.490 e. The second-order valence-corrected chi connectivity index (χ2v) is 9.02. The van der Waals surface area contributed by atoms with Crippen LogP contribution in [0.25, 0.3) is 11.1 Å². The molecule has 0 fully saturated rings. The fourth-order valence-corrected chi connectivity index (χ4v) is 3.33. The van der Waals surface area contributed by atoms with E-state index in [1.165, 1.54) is 5.56 Å². The van der Waals surface area contributed by atoms with Gasteiger partial charge in [-0.2, -0.15) is 13.2 Å². The minimum atomic E-state index is -5.08. The van der Waals surface area contributed by atoms with Crippen LogP contribution in [0.15, 0.2) is 72.8 Å². The van der Waals surface area contributed by atoms with E-state index >= 15 is 0 Å². The molecule has 0 bridgehead atoms. The van der Waals surface area contributed by atoms with Gasteiger partial charge in [0.1, 0.15) is 0 Å². The molecule has 0 saturated carbocycles. The normalized spacial score (nSPS) is 11.2. The van der Waals surface area contributed by atoms with Crippen LogP contribution in [0, 0.1) is 0 Å². The van der Waals surface area contributed by atoms with Gasteiger partial charge in [-0.15, -0.1) is 0 Å². The number of rotatable bonds is 8. The van der Waals surface area contributed by atoms with E-state index in [1.807, 2.05) is 24.3 Å². The van der Waals surface area contributed by atoms with Crippen molar-refractivity contribution < 1.29 is 27.9 Å². The summed E-state index contributed by atoms with van der Waals surface area (Å²) in [6.45, 7) is 3.02. The predicted molar refractivity (Wildman–Crippen MR) is 140 cm³/mol. The predicted octanol–water partition coefficient (Wildman–Crippen LogP) is 5.89. The highest BCUT2D eigenvalue weighted by Crippen LogP contribution is 2.23. The topological polar surface area (TPSA) is 72.9 Å². The fourth-order valence-electron chi connectivity index (χ4n) is 3.14. The zero-order valence-electron chi connectivity index (χ0n) is 20.7. The van der Waals surface area contributed by atoms with E-state index in [9.17, 15) is 18.0 Å². The fraction of sp³-hybridized carbons (Fsp3) is 0.259. The zero-order valence-corrected chi connectivity index (χ0v) is 21.5. The van der Waals surface area contributed by atoms with E-state index < -0.39 is 12.1 Å². The van der Waals surface area contributed by atoms with E-state index in [4.69, 9.17) is 21.5 Å². The summed E-state index contributed by atoms with van der Waals surface area (Å²) in [5, 5.41) is 10.6. The number of benzene rings is 3. The van der Waals surface area contributed by atoms with Gasteiger partial charge >= 0.3 is 12.1 Å². The molecular weight excluding hydrogens is 507 g/mol. The molecule has 3 aromatic rings. The minimum Gasteiger partial charge on any atom is -0.475 e. The monoisotopic (exact) mass is 535 g/mol. The highest BCUT2D eigenvalue weighted by molar-refractivity contribution is 6.31. The third-order valence-electron chi connectivity index (χ3n) is 5.14. The molecule has 6 nitrogen and oxygen atoms in total. The number of anilines is 1. The van der Waals surface area contributed by atoms with Crippen LogP contribution in [-0.2, 0) is 11.3 Å². The van der Waals surface area contributed by atoms with E-state index in [2.05, 4.69) is 60.5 Å². The van der Waals surface area contributed by atoms with Gasteiger partial charge in [0.25, 0.3) is 5.91 Å². The summed E-state index contributed by atoms with van der Waals surface area (Å²) < 4.78 is 31.7. The third kappa shape index (κ3) is 10.6. The molecule has 0 aliphatic carbocycles. The lowest BCUT2D eigenvalue weighted by atomic mass is 10.0. The van der Waals surface area contributed by atoms with E-state index in [0.29, 0.717) is 10.6 Å². The molecule has 198 valence electrons. The van der Waals surface area contributed by atoms with Crippen LogP contribution in [0.2, 0.25) is 5.02 Å². The number of aliphatic carboxylic acids is 1. The first-order valence-corrected chi connectivity index (χ1v) is 11.6. The number of carboxylic acid groups (broad SMARTS) is 1. The Morgan fingerprint density at radius 3 is 1.92 bits per heavy atom. The highest BCUT2D eigenvalue weighted by atomic mass is 35.5. The molecule has 2 N–H and O–H groups in total. The lowest BCUT2D eigenvalue weighted by Gasteiger charge is -2.19. The third-order valence-corrected chi connectivity index (χ3v) is 5.38. The first-order chi connectivity index (χ1) is 17.3. The van der Waals surface area contributed by atoms with Gasteiger partial charge in [-0.1, -0.05) is 54.1 Å². The SMILES string of the molecule is CN(C)CCN(C)Cc1ccc(-c2ccc(NC(=O)c3cccc(Cl)c3)cc2)cc1.O=C(O)C(F)(F)F. The van der Waals surface area contributed by atoms with E-state index in [-0.39, 0.29) is 5.91 Å². The van der Waals surface area contributed by atoms with Crippen molar-refractivity contribution in [2.24, 2.45) is 0 Å². The molecule has 0 unspecified atom stereocenters. The number of hydrogen-bond donors (Lipinski definition) is 2. The van der Waals surface area contributed by atoms with Gasteiger partial charge in [-0.25, -0.2) is 4.79 Å². The lowest BCUT2D eigenvalue weighted by Crippen LogP contribution is -2.28. The van der Waals surface area contributed by atoms with Crippen molar-refractivity contribution in [2.45, 2.75) is 12.7 Å². The molecule has 3 aromatic carbocycles. The Morgan fingerprint density at radius 1 is 0.892 bits per heavy atom. The number of carboxylic acids is 1. The molecule has 1 amide bonds. The van der Waals surface area contributed by atoms with Crippen LogP contribution in [-0.4, -0.2) is 67.2 Å². The summed E-state index contributed by atoms with van der Waals surface area (Å²) in [7, 11) is 6.33. The van der Waals surface area contributed by atoms with Gasteiger partial charge in [-0.05, 0) is 68.2 Å². The number of halogens is 4. The van der Waals surface area contributed by atoms with Crippen LogP contribution in [0.5, 0.6) is 0 Å². The van der Waals surface area contributed by atoms with Gasteiger partial charge in [0.15, 0.2) is 0 Å². The molecule has 0 spiro atoms. The van der Waals surface area contributed by atoms with Crippen molar-refractivity contribution in [1.29, 1.82) is 0 Å². The van der Waals surface area contributed by atoms with Gasteiger partial charge in [-0.3, -0.25) is 4.79 Å². The smallest absolute Gasteiger partial charge is 0.475 e. The number of amides is 1. The van der Waals surface area contributed by atoms with Gasteiger partial charge in [0.05, 0.1) is 0 Å². The Labute approximate surface area is 219 Å². The average Bonchev–Trinajstić information content (AvgIpc) is 2.83. The Kier molecular flexibility index (Phi) is 11.1. The molecule has 10 heteroatoms. The van der Waals surface area contributed by atoms with Gasteiger partial charge < -0.3 is 20.2 Å². The molecule has 0 heterocycles. The number of likely N-dealkylation sites (N-methyl/N-ethyl adjacent to an activating group) is 2. The van der Waals surface area contributed by atoms with E-state index in [0.717, 1.165) is 36.4 Å². The molecule has 37 heavy (non-hydrogen) atoms. The first kappa shape index (κ1) is 29.8. The van der Waals surface area contributed by atoms with Crippen LogP contribution >= 0.6 is 11.6 Å². The molecule has 0 aromatic heterocycles. The Balaban J connectivity index is 0.000000604. The van der Waals surface area contributed by atoms with Gasteiger partial charge in [0.2, 0.25) is 0 Å². The van der Waals surface area contributed by atoms with Crippen molar-refractivity contribution in [3.63, 3.8) is 0 Å². The quantitative estimate of drug-likeness (QED) is 0.376. The number of nitrogens with one attached hydrogen (secondary N) is 1. The molecule has 0 aliphatic rings. The maximum atomic E-state index is 12.4. The summed E-state index contributed by atoms with van der Waals surface area (Å²) in [4.78, 5) is 25.8. The van der Waals surface area contributed by atoms with Crippen LogP contribution in [0.1, 0.15) is 15.9 Å². The van der Waals surface area contributed by atoms with Crippen molar-refractivity contribution >= 4 is 29.2 Å². The van der Waals surface area contributed by atoms with E-state index in [1.54, 1.807) is 24.3 Å². The molecular formula is C27H29ClF3N3O3. The highest BCUT2D eigenvalue weighted by Gasteiger charge is 2.38. The maximum Gasteiger partial charge on any atom is 0.490 e. The summed E-state index contributed by atoms with van der Waals surface area (Å²) in [5.74, 6) is -2.93. The van der Waals surface area contributed by atoms with Crippen molar-refractivity contribution in [3.05, 3.63) is 88.9 Å². The summed E-state index contributed by atoms with van der Waals surface area (Å²) in [5.41, 5.74) is 4.86. The minimum absolute atomic E-state index is 0.173. The zero-order chi connectivity index (χ0) is 27.6. The maximum absolute atomic E-state index is 12.4. The van der Waals surface area contributed by atoms with Crippen molar-refractivity contribution in [3.8, 4) is 11.1 Å². The molecule has 3 rings (SSSR count). The van der Waals surface area contributed by atoms with Crippen LogP contribution in [0.4, 0.5) is 18.9 Å². The number of nitrogens with zero attached hydrogens (tertiary/aromatic N) is 2. The first-order valence-electron chi connectivity index (χ1n) is 11.2. The second-order valence-electron chi connectivity index (χ2n) is 8.58. The Morgan fingerprint density at radius 2 is 1.43 bits per heavy atom. The summed E-state index contributed by atoms with van der Waals surface area (Å²) in [6.07, 6.45) is -5.08. The number of alkyl halides is 3. The van der Waals surface area contributed by atoms with Crippen molar-refractivity contribution in [2.75, 3.05) is 39.5 Å². The molecule has 0 saturated heterocycles. The standard InChI is InChI=1S/C25H28ClN3O.C2HF3O2/c1-28(2)15-16-29(3)18-19-7-9-20(10-8-19)21-11-13-24(14-12-21)27-25(30)22-5-4-6-23(26)17-22;3-2(4,5)1(6)7/h4-14,17H,15-16,18H2,1-3H3,(H,27,30);(H,6,7). The number of hydrogen-bond acceptors (Lipinski definition) is 4. The average molecular weight is 536 g/mol. The summed E-state index contributed by atoms with van der Waals surface area (Å²) in [6, 6.07) is 23.4. The van der Waals surface area contributed by atoms with Crippen LogP contribution < -0.4 is 5.32 Å². The number of carbonyl (C=O) groups excluding carboxylic acids is 1. The molecule has 0 radical (unpaired) electrons. The van der Waals surface area contributed by atoms with Crippen LogP contribution in [0.3, 0.4) is 0 Å². The van der Waals surface area contributed by atoms with Crippen molar-refractivity contribution in [1.82, 2.24) is 9.80 Å².